The molecule has 0 N–H and O–H groups in total. The van der Waals surface area contributed by atoms with E-state index in [-0.39, 0.29) is 36.6 Å². The van der Waals surface area contributed by atoms with E-state index in [4.69, 9.17) is 18.9 Å². The van der Waals surface area contributed by atoms with Crippen LogP contribution in [0.4, 0.5) is 0 Å². The van der Waals surface area contributed by atoms with Gasteiger partial charge in [-0.2, -0.15) is 0 Å². The lowest BCUT2D eigenvalue weighted by Crippen LogP contribution is -2.59. The molecule has 2 aromatic rings. The Morgan fingerprint density at radius 2 is 1.03 bits per heavy atom. The normalized spacial score (nSPS) is 26.9. The molecule has 0 bridgehead atoms. The highest BCUT2D eigenvalue weighted by molar-refractivity contribution is 5.93. The number of Topliss-reactive ketones (excluding diaryl/α,β-unsaturated/α-hetero) is 2. The summed E-state index contributed by atoms with van der Waals surface area (Å²) < 4.78 is 23.7. The Hall–Kier alpha value is -3.22. The zero-order chi connectivity index (χ0) is 27.2. The Morgan fingerprint density at radius 3 is 1.34 bits per heavy atom. The van der Waals surface area contributed by atoms with Crippen LogP contribution in [-0.4, -0.2) is 37.0 Å². The molecule has 4 rings (SSSR count). The predicted molar refractivity (Wildman–Crippen MR) is 146 cm³/mol. The van der Waals surface area contributed by atoms with Gasteiger partial charge in [-0.3, -0.25) is 9.59 Å². The zero-order valence-electron chi connectivity index (χ0n) is 22.8. The van der Waals surface area contributed by atoms with Crippen molar-refractivity contribution in [2.75, 3.05) is 14.2 Å². The van der Waals surface area contributed by atoms with E-state index in [0.29, 0.717) is 25.7 Å². The van der Waals surface area contributed by atoms with E-state index in [1.807, 2.05) is 74.5 Å². The molecule has 2 aliphatic carbocycles. The summed E-state index contributed by atoms with van der Waals surface area (Å²) in [7, 11) is 3.26. The summed E-state index contributed by atoms with van der Waals surface area (Å²) in [6, 6.07) is 15.3. The largest absolute Gasteiger partial charge is 0.497 e. The molecule has 0 saturated carbocycles. The second-order valence-corrected chi connectivity index (χ2v) is 9.92. The van der Waals surface area contributed by atoms with Crippen molar-refractivity contribution >= 4 is 11.6 Å². The van der Waals surface area contributed by atoms with Gasteiger partial charge in [-0.1, -0.05) is 62.4 Å². The van der Waals surface area contributed by atoms with Crippen molar-refractivity contribution in [2.45, 2.75) is 63.9 Å². The number of ketones is 2. The van der Waals surface area contributed by atoms with Gasteiger partial charge in [0.25, 0.3) is 0 Å². The molecule has 0 amide bonds. The topological polar surface area (TPSA) is 71.1 Å². The molecule has 0 fully saturated rings. The van der Waals surface area contributed by atoms with Crippen LogP contribution in [-0.2, 0) is 32.3 Å². The molecule has 0 radical (unpaired) electrons. The minimum Gasteiger partial charge on any atom is -0.497 e. The van der Waals surface area contributed by atoms with Gasteiger partial charge >= 0.3 is 0 Å². The van der Waals surface area contributed by atoms with Crippen LogP contribution in [0.25, 0.3) is 0 Å². The number of allylic oxidation sites excluding steroid dienone is 2. The van der Waals surface area contributed by atoms with Crippen molar-refractivity contribution in [1.82, 2.24) is 0 Å². The minimum absolute atomic E-state index is 0.0348. The molecular weight excluding hydrogens is 480 g/mol. The third-order valence-corrected chi connectivity index (χ3v) is 8.06. The van der Waals surface area contributed by atoms with E-state index in [1.165, 1.54) is 0 Å². The maximum absolute atomic E-state index is 13.6. The molecule has 0 saturated heterocycles. The van der Waals surface area contributed by atoms with Gasteiger partial charge in [0.05, 0.1) is 27.4 Å². The molecule has 0 aromatic heterocycles. The first kappa shape index (κ1) is 27.8. The summed E-state index contributed by atoms with van der Waals surface area (Å²) in [6.45, 7) is 4.53. The Balaban J connectivity index is 1.65. The van der Waals surface area contributed by atoms with Crippen molar-refractivity contribution in [3.8, 4) is 11.5 Å². The summed E-state index contributed by atoms with van der Waals surface area (Å²) in [5.41, 5.74) is -0.226. The van der Waals surface area contributed by atoms with Gasteiger partial charge in [0, 0.05) is 24.7 Å². The lowest BCUT2D eigenvalue weighted by molar-refractivity contribution is -0.177. The predicted octanol–water partition coefficient (Wildman–Crippen LogP) is 6.03. The molecule has 0 aliphatic heterocycles. The van der Waals surface area contributed by atoms with Crippen LogP contribution in [0.3, 0.4) is 0 Å². The van der Waals surface area contributed by atoms with Crippen LogP contribution in [0.5, 0.6) is 11.5 Å². The highest BCUT2D eigenvalue weighted by Crippen LogP contribution is 2.47. The first-order valence-corrected chi connectivity index (χ1v) is 13.4. The van der Waals surface area contributed by atoms with Crippen molar-refractivity contribution in [1.29, 1.82) is 0 Å². The van der Waals surface area contributed by atoms with E-state index >= 15 is 0 Å². The Kier molecular flexibility index (Phi) is 8.85. The van der Waals surface area contributed by atoms with Gasteiger partial charge in [-0.05, 0) is 48.2 Å². The number of ether oxygens (including phenoxy) is 4. The summed E-state index contributed by atoms with van der Waals surface area (Å²) >= 11 is 0. The summed E-state index contributed by atoms with van der Waals surface area (Å²) in [5, 5.41) is 0. The number of hydrogen-bond donors (Lipinski definition) is 0. The van der Waals surface area contributed by atoms with E-state index in [2.05, 4.69) is 12.2 Å². The van der Waals surface area contributed by atoms with Gasteiger partial charge in [-0.15, -0.1) is 0 Å². The Labute approximate surface area is 225 Å². The molecule has 0 heterocycles. The fourth-order valence-corrected chi connectivity index (χ4v) is 5.78. The molecule has 2 aromatic carbocycles. The van der Waals surface area contributed by atoms with Crippen LogP contribution < -0.4 is 9.47 Å². The summed E-state index contributed by atoms with van der Waals surface area (Å²) in [4.78, 5) is 27.2. The summed E-state index contributed by atoms with van der Waals surface area (Å²) in [5.74, 6) is 0.911. The zero-order valence-corrected chi connectivity index (χ0v) is 22.8. The van der Waals surface area contributed by atoms with Gasteiger partial charge < -0.3 is 18.9 Å². The first-order valence-electron chi connectivity index (χ1n) is 13.4. The lowest BCUT2D eigenvalue weighted by Gasteiger charge is -2.49. The second kappa shape index (κ2) is 12.1. The van der Waals surface area contributed by atoms with E-state index in [1.54, 1.807) is 14.2 Å². The molecule has 0 unspecified atom stereocenters. The number of carbonyl (C=O) groups excluding carboxylic acids is 2. The molecule has 6 nitrogen and oxygen atoms in total. The van der Waals surface area contributed by atoms with Crippen LogP contribution >= 0.6 is 0 Å². The van der Waals surface area contributed by atoms with Crippen LogP contribution in [0.15, 0.2) is 72.8 Å². The van der Waals surface area contributed by atoms with Gasteiger partial charge in [0.2, 0.25) is 0 Å². The van der Waals surface area contributed by atoms with Crippen molar-refractivity contribution in [3.63, 3.8) is 0 Å². The third-order valence-electron chi connectivity index (χ3n) is 8.06. The van der Waals surface area contributed by atoms with Crippen molar-refractivity contribution < 1.29 is 28.5 Å². The number of benzene rings is 2. The third kappa shape index (κ3) is 5.33. The standard InChI is InChI=1S/C32H38O6/c1-5-31(37-21-23-13-17-25(35-3)18-14-23)27(9-7-11-29(31)33)28-10-8-12-30(34)32(28,6-2)38-22-24-15-19-26(36-4)20-16-24/h7-10,13-20,27-28H,5-6,11-12,21-22H2,1-4H3/t27-,28-,31+,32+/m0/s1. The SMILES string of the molecule is CC[C@]1(OCc2ccc(OC)cc2)C(=O)CC=C[C@H]1[C@@H]1C=CCC(=O)[C@]1(CC)OCc1ccc(OC)cc1. The molecule has 38 heavy (non-hydrogen) atoms. The lowest BCUT2D eigenvalue weighted by atomic mass is 9.62. The minimum atomic E-state index is -1.06. The molecule has 4 atom stereocenters. The molecule has 0 spiro atoms. The van der Waals surface area contributed by atoms with Crippen LogP contribution in [0.1, 0.15) is 50.7 Å². The Bertz CT molecular complexity index is 1070. The number of rotatable bonds is 11. The first-order chi connectivity index (χ1) is 18.4. The van der Waals surface area contributed by atoms with Gasteiger partial charge in [0.1, 0.15) is 22.7 Å². The van der Waals surface area contributed by atoms with Crippen molar-refractivity contribution in [3.05, 3.63) is 84.0 Å². The number of methoxy groups -OCH3 is 2. The van der Waals surface area contributed by atoms with Crippen LogP contribution in [0.2, 0.25) is 0 Å². The monoisotopic (exact) mass is 518 g/mol. The number of hydrogen-bond acceptors (Lipinski definition) is 6. The number of carbonyl (C=O) groups is 2. The van der Waals surface area contributed by atoms with Crippen molar-refractivity contribution in [2.24, 2.45) is 11.8 Å². The van der Waals surface area contributed by atoms with Crippen LogP contribution in [0, 0.1) is 11.8 Å². The maximum Gasteiger partial charge on any atom is 0.168 e. The molecular formula is C32H38O6. The average Bonchev–Trinajstić information content (AvgIpc) is 2.96. The summed E-state index contributed by atoms with van der Waals surface area (Å²) in [6.07, 6.45) is 9.55. The molecule has 202 valence electrons. The highest BCUT2D eigenvalue weighted by Gasteiger charge is 2.56. The van der Waals surface area contributed by atoms with Gasteiger partial charge in [0.15, 0.2) is 11.6 Å². The van der Waals surface area contributed by atoms with Gasteiger partial charge in [-0.25, -0.2) is 0 Å². The Morgan fingerprint density at radius 1 is 0.658 bits per heavy atom. The van der Waals surface area contributed by atoms with E-state index in [0.717, 1.165) is 22.6 Å². The quantitative estimate of drug-likeness (QED) is 0.339. The second-order valence-electron chi connectivity index (χ2n) is 9.92. The maximum atomic E-state index is 13.6. The fraction of sp³-hybridized carbons (Fsp3) is 0.438. The van der Waals surface area contributed by atoms with E-state index in [9.17, 15) is 9.59 Å². The average molecular weight is 519 g/mol. The molecule has 6 heteroatoms. The van der Waals surface area contributed by atoms with E-state index < -0.39 is 11.2 Å². The smallest absolute Gasteiger partial charge is 0.168 e. The highest BCUT2D eigenvalue weighted by atomic mass is 16.5. The molecule has 2 aliphatic rings. The fourth-order valence-electron chi connectivity index (χ4n) is 5.78.